The molecule has 0 saturated heterocycles. The number of ether oxygens (including phenoxy) is 1. The Balaban J connectivity index is 2.24. The fourth-order valence-electron chi connectivity index (χ4n) is 2.23. The van der Waals surface area contributed by atoms with E-state index in [9.17, 15) is 13.2 Å². The minimum absolute atomic E-state index is 0.0978. The SMILES string of the molecule is COC(=O)CN(Cc1ccccc1)S(=O)(=O)Cc1cccc(N)c1. The molecule has 2 aromatic carbocycles. The number of sulfonamides is 1. The van der Waals surface area contributed by atoms with Crippen LogP contribution in [-0.2, 0) is 31.9 Å². The van der Waals surface area contributed by atoms with Gasteiger partial charge in [-0.05, 0) is 23.3 Å². The Morgan fingerprint density at radius 3 is 2.38 bits per heavy atom. The van der Waals surface area contributed by atoms with Gasteiger partial charge < -0.3 is 10.5 Å². The molecule has 128 valence electrons. The zero-order chi connectivity index (χ0) is 17.6. The molecule has 0 radical (unpaired) electrons. The van der Waals surface area contributed by atoms with Crippen molar-refractivity contribution >= 4 is 21.7 Å². The van der Waals surface area contributed by atoms with E-state index in [4.69, 9.17) is 5.73 Å². The number of hydrogen-bond acceptors (Lipinski definition) is 5. The molecule has 2 N–H and O–H groups in total. The van der Waals surface area contributed by atoms with Crippen molar-refractivity contribution in [1.29, 1.82) is 0 Å². The number of nitrogens with zero attached hydrogens (tertiary/aromatic N) is 1. The third-order valence-corrected chi connectivity index (χ3v) is 5.17. The minimum atomic E-state index is -3.72. The summed E-state index contributed by atoms with van der Waals surface area (Å²) in [5, 5.41) is 0. The number of esters is 1. The summed E-state index contributed by atoms with van der Waals surface area (Å²) in [5.74, 6) is -0.843. The first kappa shape index (κ1) is 18.0. The van der Waals surface area contributed by atoms with Gasteiger partial charge >= 0.3 is 5.97 Å². The Labute approximate surface area is 141 Å². The quantitative estimate of drug-likeness (QED) is 0.608. The van der Waals surface area contributed by atoms with Gasteiger partial charge in [0.2, 0.25) is 10.0 Å². The molecule has 0 unspecified atom stereocenters. The smallest absolute Gasteiger partial charge is 0.321 e. The van der Waals surface area contributed by atoms with Crippen LogP contribution in [0.5, 0.6) is 0 Å². The van der Waals surface area contributed by atoms with Gasteiger partial charge in [-0.25, -0.2) is 8.42 Å². The van der Waals surface area contributed by atoms with Gasteiger partial charge in [0.15, 0.2) is 0 Å². The maximum Gasteiger partial charge on any atom is 0.321 e. The van der Waals surface area contributed by atoms with Gasteiger partial charge in [-0.15, -0.1) is 0 Å². The minimum Gasteiger partial charge on any atom is -0.468 e. The van der Waals surface area contributed by atoms with Crippen LogP contribution in [0.15, 0.2) is 54.6 Å². The first-order valence-electron chi connectivity index (χ1n) is 7.33. The van der Waals surface area contributed by atoms with Crippen molar-refractivity contribution in [3.05, 3.63) is 65.7 Å². The lowest BCUT2D eigenvalue weighted by Crippen LogP contribution is -2.36. The van der Waals surface area contributed by atoms with Crippen molar-refractivity contribution in [2.24, 2.45) is 0 Å². The maximum atomic E-state index is 12.7. The zero-order valence-corrected chi connectivity index (χ0v) is 14.2. The topological polar surface area (TPSA) is 89.7 Å². The van der Waals surface area contributed by atoms with Crippen molar-refractivity contribution in [1.82, 2.24) is 4.31 Å². The molecule has 6 nitrogen and oxygen atoms in total. The number of nitrogens with two attached hydrogens (primary N) is 1. The van der Waals surface area contributed by atoms with Gasteiger partial charge in [-0.2, -0.15) is 4.31 Å². The predicted molar refractivity (Wildman–Crippen MR) is 92.3 cm³/mol. The highest BCUT2D eigenvalue weighted by atomic mass is 32.2. The summed E-state index contributed by atoms with van der Waals surface area (Å²) in [6.45, 7) is -0.239. The van der Waals surface area contributed by atoms with Gasteiger partial charge in [0.25, 0.3) is 0 Å². The van der Waals surface area contributed by atoms with E-state index in [1.54, 1.807) is 36.4 Å². The molecular formula is C17H20N2O4S. The van der Waals surface area contributed by atoms with Crippen LogP contribution in [0.25, 0.3) is 0 Å². The summed E-state index contributed by atoms with van der Waals surface area (Å²) in [6.07, 6.45) is 0. The molecule has 7 heteroatoms. The van der Waals surface area contributed by atoms with E-state index in [2.05, 4.69) is 4.74 Å². The third-order valence-electron chi connectivity index (χ3n) is 3.43. The van der Waals surface area contributed by atoms with Crippen LogP contribution < -0.4 is 5.73 Å². The normalized spacial score (nSPS) is 11.4. The van der Waals surface area contributed by atoms with Crippen molar-refractivity contribution in [2.45, 2.75) is 12.3 Å². The molecule has 0 saturated carbocycles. The van der Waals surface area contributed by atoms with E-state index in [0.29, 0.717) is 11.3 Å². The fourth-order valence-corrected chi connectivity index (χ4v) is 3.66. The largest absolute Gasteiger partial charge is 0.468 e. The number of carbonyl (C=O) groups excluding carboxylic acids is 1. The second kappa shape index (κ2) is 7.94. The average Bonchev–Trinajstić information content (AvgIpc) is 2.54. The molecular weight excluding hydrogens is 328 g/mol. The van der Waals surface area contributed by atoms with Crippen LogP contribution in [0.3, 0.4) is 0 Å². The van der Waals surface area contributed by atoms with E-state index < -0.39 is 16.0 Å². The molecule has 0 aliphatic carbocycles. The second-order valence-electron chi connectivity index (χ2n) is 5.33. The van der Waals surface area contributed by atoms with E-state index >= 15 is 0 Å². The molecule has 0 aliphatic heterocycles. The van der Waals surface area contributed by atoms with E-state index in [1.807, 2.05) is 18.2 Å². The number of benzene rings is 2. The molecule has 0 amide bonds. The highest BCUT2D eigenvalue weighted by Crippen LogP contribution is 2.16. The Bertz CT molecular complexity index is 791. The molecule has 2 aromatic rings. The lowest BCUT2D eigenvalue weighted by molar-refractivity contribution is -0.140. The lowest BCUT2D eigenvalue weighted by atomic mass is 10.2. The number of nitrogen functional groups attached to an aromatic ring is 1. The number of hydrogen-bond donors (Lipinski definition) is 1. The summed E-state index contributed by atoms with van der Waals surface area (Å²) in [7, 11) is -2.49. The number of anilines is 1. The first-order valence-corrected chi connectivity index (χ1v) is 8.94. The summed E-state index contributed by atoms with van der Waals surface area (Å²) < 4.78 is 31.2. The second-order valence-corrected chi connectivity index (χ2v) is 7.30. The van der Waals surface area contributed by atoms with Gasteiger partial charge in [-0.3, -0.25) is 4.79 Å². The fraction of sp³-hybridized carbons (Fsp3) is 0.235. The Kier molecular flexibility index (Phi) is 5.94. The Hall–Kier alpha value is -2.38. The van der Waals surface area contributed by atoms with Crippen LogP contribution >= 0.6 is 0 Å². The third kappa shape index (κ3) is 5.07. The van der Waals surface area contributed by atoms with Crippen LogP contribution in [0.2, 0.25) is 0 Å². The van der Waals surface area contributed by atoms with Crippen LogP contribution in [0.1, 0.15) is 11.1 Å². The zero-order valence-electron chi connectivity index (χ0n) is 13.4. The molecule has 0 atom stereocenters. The van der Waals surface area contributed by atoms with Gasteiger partial charge in [0, 0.05) is 12.2 Å². The van der Waals surface area contributed by atoms with E-state index in [0.717, 1.165) is 9.87 Å². The van der Waals surface area contributed by atoms with E-state index in [1.165, 1.54) is 7.11 Å². The average molecular weight is 348 g/mol. The summed E-state index contributed by atoms with van der Waals surface area (Å²) in [6, 6.07) is 15.8. The molecule has 0 spiro atoms. The molecule has 0 fully saturated rings. The van der Waals surface area contributed by atoms with Crippen LogP contribution in [0, 0.1) is 0 Å². The maximum absolute atomic E-state index is 12.7. The lowest BCUT2D eigenvalue weighted by Gasteiger charge is -2.21. The van der Waals surface area contributed by atoms with Crippen molar-refractivity contribution < 1.29 is 17.9 Å². The molecule has 24 heavy (non-hydrogen) atoms. The van der Waals surface area contributed by atoms with Crippen molar-refractivity contribution in [2.75, 3.05) is 19.4 Å². The summed E-state index contributed by atoms with van der Waals surface area (Å²) in [5.41, 5.74) is 7.54. The molecule has 0 aromatic heterocycles. The van der Waals surface area contributed by atoms with Crippen molar-refractivity contribution in [3.8, 4) is 0 Å². The highest BCUT2D eigenvalue weighted by molar-refractivity contribution is 7.88. The van der Waals surface area contributed by atoms with Crippen molar-refractivity contribution in [3.63, 3.8) is 0 Å². The van der Waals surface area contributed by atoms with Gasteiger partial charge in [0.05, 0.1) is 12.9 Å². The van der Waals surface area contributed by atoms with E-state index in [-0.39, 0.29) is 18.8 Å². The summed E-state index contributed by atoms with van der Waals surface area (Å²) >= 11 is 0. The van der Waals surface area contributed by atoms with Crippen LogP contribution in [0.4, 0.5) is 5.69 Å². The van der Waals surface area contributed by atoms with Gasteiger partial charge in [0.1, 0.15) is 6.54 Å². The monoisotopic (exact) mass is 348 g/mol. The highest BCUT2D eigenvalue weighted by Gasteiger charge is 2.25. The van der Waals surface area contributed by atoms with Gasteiger partial charge in [-0.1, -0.05) is 42.5 Å². The summed E-state index contributed by atoms with van der Waals surface area (Å²) in [4.78, 5) is 11.6. The Morgan fingerprint density at radius 1 is 1.08 bits per heavy atom. The van der Waals surface area contributed by atoms with Crippen LogP contribution in [-0.4, -0.2) is 32.3 Å². The molecule has 0 aliphatic rings. The number of rotatable bonds is 7. The number of methoxy groups -OCH3 is 1. The predicted octanol–water partition coefficient (Wildman–Crippen LogP) is 1.77. The molecule has 2 rings (SSSR count). The first-order chi connectivity index (χ1) is 11.4. The molecule has 0 heterocycles. The standard InChI is InChI=1S/C17H20N2O4S/c1-23-17(20)12-19(11-14-6-3-2-4-7-14)24(21,22)13-15-8-5-9-16(18)10-15/h2-10H,11-13,18H2,1H3. The molecule has 0 bridgehead atoms. The number of carbonyl (C=O) groups is 1. The Morgan fingerprint density at radius 2 is 1.75 bits per heavy atom.